The van der Waals surface area contributed by atoms with Crippen molar-refractivity contribution in [2.24, 2.45) is 11.5 Å². The van der Waals surface area contributed by atoms with Crippen molar-refractivity contribution in [2.45, 2.75) is 43.8 Å². The van der Waals surface area contributed by atoms with E-state index in [-0.39, 0.29) is 25.7 Å². The second-order valence-electron chi connectivity index (χ2n) is 8.22. The molecule has 0 aliphatic carbocycles. The number of carboxylic acids is 1. The van der Waals surface area contributed by atoms with Crippen molar-refractivity contribution in [1.29, 1.82) is 0 Å². The molecule has 2 aromatic rings. The Hall–Kier alpha value is -4.25. The van der Waals surface area contributed by atoms with Crippen molar-refractivity contribution < 1.29 is 29.1 Å². The predicted molar refractivity (Wildman–Crippen MR) is 131 cm³/mol. The summed E-state index contributed by atoms with van der Waals surface area (Å²) in [7, 11) is 0. The number of carboxylic acid groups (broad SMARTS) is 1. The number of nitrogens with two attached hydrogens (primary N) is 2. The van der Waals surface area contributed by atoms with Gasteiger partial charge < -0.3 is 32.5 Å². The normalized spacial score (nSPS) is 13.0. The standard InChI is InChI=1S/C25H31N5O6/c26-18(11-12-21(27)31)23(34)29-20(14-17-9-5-2-6-10-17)25(36)30-19(24(35)28-15-22(32)33)13-16-7-3-1-4-8-16/h1-10,18-20H,11-15,26H2,(H2,27,31)(H,28,35)(H,29,34)(H,30,36)(H,32,33). The molecule has 0 aromatic heterocycles. The first-order valence-corrected chi connectivity index (χ1v) is 11.4. The zero-order valence-corrected chi connectivity index (χ0v) is 19.7. The van der Waals surface area contributed by atoms with Crippen LogP contribution < -0.4 is 27.4 Å². The Morgan fingerprint density at radius 1 is 0.750 bits per heavy atom. The summed E-state index contributed by atoms with van der Waals surface area (Å²) in [4.78, 5) is 60.6. The summed E-state index contributed by atoms with van der Waals surface area (Å²) < 4.78 is 0. The zero-order chi connectivity index (χ0) is 26.5. The Morgan fingerprint density at radius 2 is 1.22 bits per heavy atom. The topological polar surface area (TPSA) is 194 Å². The number of hydrogen-bond acceptors (Lipinski definition) is 6. The molecule has 3 atom stereocenters. The van der Waals surface area contributed by atoms with Gasteiger partial charge in [0.2, 0.25) is 23.6 Å². The van der Waals surface area contributed by atoms with E-state index < -0.39 is 54.3 Å². The summed E-state index contributed by atoms with van der Waals surface area (Å²) in [6.07, 6.45) is 0.125. The van der Waals surface area contributed by atoms with E-state index in [0.717, 1.165) is 11.1 Å². The highest BCUT2D eigenvalue weighted by Crippen LogP contribution is 2.08. The monoisotopic (exact) mass is 497 g/mol. The van der Waals surface area contributed by atoms with Gasteiger partial charge in [-0.2, -0.15) is 0 Å². The molecule has 192 valence electrons. The van der Waals surface area contributed by atoms with Crippen LogP contribution in [0.1, 0.15) is 24.0 Å². The third kappa shape index (κ3) is 9.94. The summed E-state index contributed by atoms with van der Waals surface area (Å²) in [5, 5.41) is 16.4. The highest BCUT2D eigenvalue weighted by molar-refractivity contribution is 5.94. The van der Waals surface area contributed by atoms with Gasteiger partial charge in [0.05, 0.1) is 6.04 Å². The van der Waals surface area contributed by atoms with Gasteiger partial charge in [0.1, 0.15) is 18.6 Å². The molecule has 8 N–H and O–H groups in total. The minimum Gasteiger partial charge on any atom is -0.480 e. The van der Waals surface area contributed by atoms with E-state index in [1.54, 1.807) is 60.7 Å². The van der Waals surface area contributed by atoms with Crippen molar-refractivity contribution in [3.8, 4) is 0 Å². The van der Waals surface area contributed by atoms with Crippen LogP contribution >= 0.6 is 0 Å². The number of amides is 4. The maximum absolute atomic E-state index is 13.3. The minimum atomic E-state index is -1.23. The molecule has 0 fully saturated rings. The molecule has 0 bridgehead atoms. The molecule has 0 aliphatic heterocycles. The lowest BCUT2D eigenvalue weighted by Gasteiger charge is -2.24. The molecule has 11 nitrogen and oxygen atoms in total. The summed E-state index contributed by atoms with van der Waals surface area (Å²) >= 11 is 0. The highest BCUT2D eigenvalue weighted by Gasteiger charge is 2.29. The van der Waals surface area contributed by atoms with Gasteiger partial charge >= 0.3 is 5.97 Å². The van der Waals surface area contributed by atoms with Gasteiger partial charge in [-0.25, -0.2) is 0 Å². The minimum absolute atomic E-state index is 0.00900. The number of carbonyl (C=O) groups is 5. The van der Waals surface area contributed by atoms with Crippen molar-refractivity contribution in [3.05, 3.63) is 71.8 Å². The number of primary amides is 1. The molecule has 3 unspecified atom stereocenters. The average molecular weight is 498 g/mol. The zero-order valence-electron chi connectivity index (χ0n) is 19.7. The molecule has 4 amide bonds. The van der Waals surface area contributed by atoms with E-state index in [4.69, 9.17) is 16.6 Å². The molecule has 11 heteroatoms. The molecular weight excluding hydrogens is 466 g/mol. The van der Waals surface area contributed by atoms with Gasteiger partial charge in [0.25, 0.3) is 0 Å². The Kier molecular flexibility index (Phi) is 11.1. The van der Waals surface area contributed by atoms with Crippen LogP contribution in [0.2, 0.25) is 0 Å². The van der Waals surface area contributed by atoms with E-state index in [0.29, 0.717) is 0 Å². The Morgan fingerprint density at radius 3 is 1.69 bits per heavy atom. The fourth-order valence-electron chi connectivity index (χ4n) is 3.38. The number of hydrogen-bond donors (Lipinski definition) is 6. The fraction of sp³-hybridized carbons (Fsp3) is 0.320. The van der Waals surface area contributed by atoms with Crippen LogP contribution in [0.15, 0.2) is 60.7 Å². The molecular formula is C25H31N5O6. The SMILES string of the molecule is NC(=O)CCC(N)C(=O)NC(Cc1ccccc1)C(=O)NC(Cc1ccccc1)C(=O)NCC(=O)O. The third-order valence-corrected chi connectivity index (χ3v) is 5.28. The number of benzene rings is 2. The Labute approximate surface area is 208 Å². The summed E-state index contributed by atoms with van der Waals surface area (Å²) in [5.41, 5.74) is 12.5. The third-order valence-electron chi connectivity index (χ3n) is 5.28. The lowest BCUT2D eigenvalue weighted by Crippen LogP contribution is -2.57. The van der Waals surface area contributed by atoms with Crippen molar-refractivity contribution in [3.63, 3.8) is 0 Å². The second-order valence-corrected chi connectivity index (χ2v) is 8.22. The molecule has 2 rings (SSSR count). The maximum Gasteiger partial charge on any atom is 0.322 e. The first-order chi connectivity index (χ1) is 17.2. The van der Waals surface area contributed by atoms with Crippen LogP contribution in [-0.2, 0) is 36.8 Å². The van der Waals surface area contributed by atoms with Crippen molar-refractivity contribution in [2.75, 3.05) is 6.54 Å². The predicted octanol–water partition coefficient (Wildman–Crippen LogP) is -0.765. The lowest BCUT2D eigenvalue weighted by molar-refractivity contribution is -0.138. The molecule has 0 saturated heterocycles. The quantitative estimate of drug-likeness (QED) is 0.197. The first kappa shape index (κ1) is 28.0. The van der Waals surface area contributed by atoms with Crippen LogP contribution in [-0.4, -0.2) is 59.4 Å². The number of carbonyl (C=O) groups excluding carboxylic acids is 4. The van der Waals surface area contributed by atoms with Gasteiger partial charge in [0.15, 0.2) is 0 Å². The van der Waals surface area contributed by atoms with E-state index >= 15 is 0 Å². The van der Waals surface area contributed by atoms with Crippen molar-refractivity contribution >= 4 is 29.6 Å². The van der Waals surface area contributed by atoms with E-state index in [1.807, 2.05) is 0 Å². The van der Waals surface area contributed by atoms with E-state index in [2.05, 4.69) is 16.0 Å². The molecule has 2 aromatic carbocycles. The number of aliphatic carboxylic acids is 1. The summed E-state index contributed by atoms with van der Waals surface area (Å²) in [5.74, 6) is -3.82. The van der Waals surface area contributed by atoms with Crippen LogP contribution in [0.4, 0.5) is 0 Å². The van der Waals surface area contributed by atoms with Gasteiger partial charge in [0, 0.05) is 19.3 Å². The smallest absolute Gasteiger partial charge is 0.322 e. The molecule has 0 heterocycles. The van der Waals surface area contributed by atoms with E-state index in [1.165, 1.54) is 0 Å². The summed E-state index contributed by atoms with van der Waals surface area (Å²) in [6.45, 7) is -0.612. The lowest BCUT2D eigenvalue weighted by atomic mass is 10.0. The van der Waals surface area contributed by atoms with Gasteiger partial charge in [-0.05, 0) is 17.5 Å². The molecule has 36 heavy (non-hydrogen) atoms. The molecule has 0 aliphatic rings. The van der Waals surface area contributed by atoms with Gasteiger partial charge in [-0.1, -0.05) is 60.7 Å². The second kappa shape index (κ2) is 14.2. The van der Waals surface area contributed by atoms with E-state index in [9.17, 15) is 24.0 Å². The van der Waals surface area contributed by atoms with Gasteiger partial charge in [-0.3, -0.25) is 24.0 Å². The Bertz CT molecular complexity index is 1050. The highest BCUT2D eigenvalue weighted by atomic mass is 16.4. The number of rotatable bonds is 14. The largest absolute Gasteiger partial charge is 0.480 e. The number of nitrogens with one attached hydrogen (secondary N) is 3. The maximum atomic E-state index is 13.3. The van der Waals surface area contributed by atoms with Crippen LogP contribution in [0, 0.1) is 0 Å². The van der Waals surface area contributed by atoms with Crippen LogP contribution in [0.5, 0.6) is 0 Å². The Balaban J connectivity index is 2.21. The van der Waals surface area contributed by atoms with Gasteiger partial charge in [-0.15, -0.1) is 0 Å². The first-order valence-electron chi connectivity index (χ1n) is 11.4. The van der Waals surface area contributed by atoms with Crippen molar-refractivity contribution in [1.82, 2.24) is 16.0 Å². The summed E-state index contributed by atoms with van der Waals surface area (Å²) in [6, 6.07) is 14.5. The molecule has 0 radical (unpaired) electrons. The fourth-order valence-corrected chi connectivity index (χ4v) is 3.38. The average Bonchev–Trinajstić information content (AvgIpc) is 2.86. The van der Waals surface area contributed by atoms with Crippen LogP contribution in [0.25, 0.3) is 0 Å². The van der Waals surface area contributed by atoms with Crippen LogP contribution in [0.3, 0.4) is 0 Å². The molecule has 0 spiro atoms. The molecule has 0 saturated carbocycles.